The smallest absolute Gasteiger partial charge is 0.133 e. The summed E-state index contributed by atoms with van der Waals surface area (Å²) in [5.41, 5.74) is 10.1. The molecule has 0 spiro atoms. The minimum atomic E-state index is 0.0549. The highest BCUT2D eigenvalue weighted by molar-refractivity contribution is 8.00. The van der Waals surface area contributed by atoms with Crippen LogP contribution in [0.25, 0.3) is 43.7 Å². The number of hydrogen-bond acceptors (Lipinski definition) is 2. The first-order valence-corrected chi connectivity index (χ1v) is 18.4. The molecule has 230 valence electrons. The zero-order chi connectivity index (χ0) is 31.1. The highest BCUT2D eigenvalue weighted by Crippen LogP contribution is 2.54. The normalized spacial score (nSPS) is 26.4. The third kappa shape index (κ3) is 4.22. The molecule has 0 fully saturated rings. The Labute approximate surface area is 281 Å². The van der Waals surface area contributed by atoms with Gasteiger partial charge in [-0.25, -0.2) is 0 Å². The number of dihydropyridines is 1. The molecule has 3 aliphatic carbocycles. The molecule has 3 heterocycles. The van der Waals surface area contributed by atoms with E-state index in [1.54, 1.807) is 11.1 Å². The summed E-state index contributed by atoms with van der Waals surface area (Å²) in [6.45, 7) is 2.49. The maximum atomic E-state index is 5.58. The van der Waals surface area contributed by atoms with Crippen molar-refractivity contribution in [1.29, 1.82) is 0 Å². The molecule has 2 aliphatic heterocycles. The van der Waals surface area contributed by atoms with Crippen molar-refractivity contribution < 1.29 is 0 Å². The lowest BCUT2D eigenvalue weighted by molar-refractivity contribution is 0.454. The predicted octanol–water partition coefficient (Wildman–Crippen LogP) is 11.4. The lowest BCUT2D eigenvalue weighted by Crippen LogP contribution is -2.27. The van der Waals surface area contributed by atoms with Gasteiger partial charge in [0, 0.05) is 26.8 Å². The van der Waals surface area contributed by atoms with E-state index in [9.17, 15) is 0 Å². The summed E-state index contributed by atoms with van der Waals surface area (Å²) in [7, 11) is 0. The molecule has 5 unspecified atom stereocenters. The first-order chi connectivity index (χ1) is 23.2. The van der Waals surface area contributed by atoms with E-state index in [2.05, 4.69) is 145 Å². The van der Waals surface area contributed by atoms with Crippen molar-refractivity contribution in [3.63, 3.8) is 0 Å². The fraction of sp³-hybridized carbons (Fsp3) is 0.250. The van der Waals surface area contributed by atoms with Crippen molar-refractivity contribution in [3.8, 4) is 0 Å². The summed E-state index contributed by atoms with van der Waals surface area (Å²) in [6.07, 6.45) is 22.7. The van der Waals surface area contributed by atoms with Crippen LogP contribution in [-0.4, -0.2) is 21.7 Å². The standard InChI is InChI=1S/C44H38N2S/c1-27-12-10-20-33-35-25-24-34-32-17-5-8-22-39(32)46(43(34)44(35)47-40-23-9-6-18-36(40)42(27)33)41-26-37(31-16-4-7-21-38(31)45-41)30-19-11-14-28-13-2-3-15-29(28)30/h2-5,7-9,11,13-17,19,21-27,31,36,38,40H,6,10,12,18,20H2,1H3. The summed E-state index contributed by atoms with van der Waals surface area (Å²) in [5, 5.41) is 5.69. The van der Waals surface area contributed by atoms with Crippen molar-refractivity contribution in [2.24, 2.45) is 22.7 Å². The SMILES string of the molecule is CC1CCCC2=C1C1CCC=CC1Sc1c2ccc2c3ccccc3n(C3=NC4C=CC=CC4C(c4cccc5ccccc45)=C3)c12. The van der Waals surface area contributed by atoms with Gasteiger partial charge < -0.3 is 0 Å². The molecule has 4 aromatic carbocycles. The molecule has 2 nitrogen and oxygen atoms in total. The molecule has 0 N–H and O–H groups in total. The highest BCUT2D eigenvalue weighted by Gasteiger charge is 2.38. The van der Waals surface area contributed by atoms with E-state index in [0.29, 0.717) is 17.1 Å². The van der Waals surface area contributed by atoms with Crippen LogP contribution in [0.15, 0.2) is 137 Å². The Bertz CT molecular complexity index is 2300. The van der Waals surface area contributed by atoms with Crippen LogP contribution in [0.3, 0.4) is 0 Å². The minimum Gasteiger partial charge on any atom is -0.293 e. The van der Waals surface area contributed by atoms with Gasteiger partial charge in [0.1, 0.15) is 5.84 Å². The zero-order valence-corrected chi connectivity index (χ0v) is 27.6. The average Bonchev–Trinajstić information content (AvgIpc) is 3.38. The summed E-state index contributed by atoms with van der Waals surface area (Å²) in [5.74, 6) is 2.53. The number of rotatable bonds is 1. The van der Waals surface area contributed by atoms with Gasteiger partial charge in [-0.05, 0) is 89.1 Å². The van der Waals surface area contributed by atoms with Crippen LogP contribution in [0, 0.1) is 17.8 Å². The third-order valence-electron chi connectivity index (χ3n) is 11.4. The van der Waals surface area contributed by atoms with Crippen LogP contribution >= 0.6 is 11.8 Å². The molecule has 0 saturated carbocycles. The van der Waals surface area contributed by atoms with Crippen molar-refractivity contribution in [3.05, 3.63) is 138 Å². The largest absolute Gasteiger partial charge is 0.293 e. The molecule has 3 heteroatoms. The third-order valence-corrected chi connectivity index (χ3v) is 12.8. The van der Waals surface area contributed by atoms with Gasteiger partial charge in [-0.15, -0.1) is 11.8 Å². The maximum Gasteiger partial charge on any atom is 0.133 e. The molecule has 1 aromatic heterocycles. The second-order valence-electron chi connectivity index (χ2n) is 14.0. The van der Waals surface area contributed by atoms with Gasteiger partial charge in [-0.1, -0.05) is 122 Å². The van der Waals surface area contributed by atoms with Gasteiger partial charge in [0.2, 0.25) is 0 Å². The van der Waals surface area contributed by atoms with E-state index in [1.807, 2.05) is 0 Å². The predicted molar refractivity (Wildman–Crippen MR) is 201 cm³/mol. The first kappa shape index (κ1) is 27.7. The molecule has 0 amide bonds. The molecule has 0 bridgehead atoms. The molecule has 5 atom stereocenters. The van der Waals surface area contributed by atoms with Gasteiger partial charge in [-0.2, -0.15) is 0 Å². The summed E-state index contributed by atoms with van der Waals surface area (Å²) in [6, 6.07) is 29.5. The molecule has 47 heavy (non-hydrogen) atoms. The molecular weight excluding hydrogens is 589 g/mol. The molecule has 0 radical (unpaired) electrons. The van der Waals surface area contributed by atoms with Crippen LogP contribution in [-0.2, 0) is 0 Å². The molecule has 5 aromatic rings. The number of nitrogens with zero attached hydrogens (tertiary/aromatic N) is 2. The number of hydrogen-bond donors (Lipinski definition) is 0. The molecule has 0 saturated heterocycles. The van der Waals surface area contributed by atoms with Gasteiger partial charge in [-0.3, -0.25) is 9.56 Å². The Kier molecular flexibility index (Phi) is 6.41. The monoisotopic (exact) mass is 626 g/mol. The van der Waals surface area contributed by atoms with Crippen LogP contribution in [0.4, 0.5) is 0 Å². The second kappa shape index (κ2) is 10.9. The number of aliphatic imine (C=N–C) groups is 1. The van der Waals surface area contributed by atoms with Gasteiger partial charge in [0.05, 0.1) is 17.1 Å². The maximum absolute atomic E-state index is 5.58. The van der Waals surface area contributed by atoms with E-state index in [0.717, 1.165) is 5.84 Å². The van der Waals surface area contributed by atoms with Crippen molar-refractivity contribution in [2.75, 3.05) is 0 Å². The van der Waals surface area contributed by atoms with Crippen LogP contribution in [0.2, 0.25) is 0 Å². The van der Waals surface area contributed by atoms with Crippen LogP contribution in [0.5, 0.6) is 0 Å². The average molecular weight is 627 g/mol. The minimum absolute atomic E-state index is 0.0549. The van der Waals surface area contributed by atoms with Crippen molar-refractivity contribution >= 4 is 61.3 Å². The van der Waals surface area contributed by atoms with E-state index >= 15 is 0 Å². The number of para-hydroxylation sites is 1. The second-order valence-corrected chi connectivity index (χ2v) is 15.2. The van der Waals surface area contributed by atoms with Gasteiger partial charge in [0.15, 0.2) is 0 Å². The highest BCUT2D eigenvalue weighted by atomic mass is 32.2. The summed E-state index contributed by atoms with van der Waals surface area (Å²) >= 11 is 2.12. The lowest BCUT2D eigenvalue weighted by Gasteiger charge is -2.34. The fourth-order valence-electron chi connectivity index (χ4n) is 9.37. The zero-order valence-electron chi connectivity index (χ0n) is 26.8. The number of allylic oxidation sites excluding steroid dienone is 6. The Morgan fingerprint density at radius 3 is 2.60 bits per heavy atom. The van der Waals surface area contributed by atoms with Gasteiger partial charge in [0.25, 0.3) is 0 Å². The molecule has 5 aliphatic rings. The summed E-state index contributed by atoms with van der Waals surface area (Å²) in [4.78, 5) is 7.03. The van der Waals surface area contributed by atoms with E-state index < -0.39 is 0 Å². The quantitative estimate of drug-likeness (QED) is 0.169. The Balaban J connectivity index is 1.27. The lowest BCUT2D eigenvalue weighted by atomic mass is 9.72. The number of thioether (sulfide) groups is 1. The molecular formula is C44H38N2S. The number of aromatic nitrogens is 1. The van der Waals surface area contributed by atoms with E-state index in [4.69, 9.17) is 4.99 Å². The first-order valence-electron chi connectivity index (χ1n) is 17.5. The summed E-state index contributed by atoms with van der Waals surface area (Å²) < 4.78 is 2.53. The van der Waals surface area contributed by atoms with E-state index in [-0.39, 0.29) is 12.0 Å². The number of fused-ring (bicyclic) bond motifs is 10. The van der Waals surface area contributed by atoms with Crippen LogP contribution in [0.1, 0.15) is 50.2 Å². The fourth-order valence-corrected chi connectivity index (χ4v) is 10.9. The van der Waals surface area contributed by atoms with Crippen molar-refractivity contribution in [1.82, 2.24) is 4.57 Å². The Hall–Kier alpha value is -4.34. The topological polar surface area (TPSA) is 17.3 Å². The Morgan fingerprint density at radius 2 is 1.64 bits per heavy atom. The van der Waals surface area contributed by atoms with Gasteiger partial charge >= 0.3 is 0 Å². The van der Waals surface area contributed by atoms with Crippen molar-refractivity contribution in [2.45, 2.75) is 55.2 Å². The number of benzene rings is 4. The Morgan fingerprint density at radius 1 is 0.787 bits per heavy atom. The molecule has 10 rings (SSSR count). The van der Waals surface area contributed by atoms with Crippen LogP contribution < -0.4 is 0 Å². The van der Waals surface area contributed by atoms with E-state index in [1.165, 1.54) is 86.3 Å².